The van der Waals surface area contributed by atoms with E-state index in [1.165, 1.54) is 29.5 Å². The van der Waals surface area contributed by atoms with Gasteiger partial charge in [-0.3, -0.25) is 20.2 Å². The number of benzene rings is 3. The molecule has 2 N–H and O–H groups in total. The lowest BCUT2D eigenvalue weighted by Crippen LogP contribution is -2.12. The van der Waals surface area contributed by atoms with Gasteiger partial charge in [0.15, 0.2) is 5.13 Å². The van der Waals surface area contributed by atoms with E-state index in [0.29, 0.717) is 22.4 Å². The SMILES string of the molecule is COc1ccc(-c2nc(NC(=O)c3ccc(NCc4ccccc4Cl)c([N+](=O)[O-])c3)sc2C)cc1. The Balaban J connectivity index is 1.51. The predicted octanol–water partition coefficient (Wildman–Crippen LogP) is 6.55. The van der Waals surface area contributed by atoms with Crippen LogP contribution in [0.4, 0.5) is 16.5 Å². The van der Waals surface area contributed by atoms with Gasteiger partial charge in [0.25, 0.3) is 11.6 Å². The monoisotopic (exact) mass is 508 g/mol. The maximum Gasteiger partial charge on any atom is 0.293 e. The number of amides is 1. The Kier molecular flexibility index (Phi) is 7.28. The van der Waals surface area contributed by atoms with E-state index in [0.717, 1.165) is 27.4 Å². The van der Waals surface area contributed by atoms with Gasteiger partial charge >= 0.3 is 0 Å². The number of hydrogen-bond acceptors (Lipinski definition) is 7. The highest BCUT2D eigenvalue weighted by molar-refractivity contribution is 7.16. The van der Waals surface area contributed by atoms with E-state index in [4.69, 9.17) is 16.3 Å². The first-order valence-corrected chi connectivity index (χ1v) is 11.7. The molecular weight excluding hydrogens is 488 g/mol. The lowest BCUT2D eigenvalue weighted by atomic mass is 10.1. The van der Waals surface area contributed by atoms with Crippen LogP contribution in [0.1, 0.15) is 20.8 Å². The molecule has 0 aliphatic heterocycles. The zero-order chi connectivity index (χ0) is 24.9. The summed E-state index contributed by atoms with van der Waals surface area (Å²) in [6.07, 6.45) is 0. The van der Waals surface area contributed by atoms with Gasteiger partial charge in [-0.25, -0.2) is 4.98 Å². The van der Waals surface area contributed by atoms with Gasteiger partial charge in [0.2, 0.25) is 0 Å². The van der Waals surface area contributed by atoms with Crippen LogP contribution in [0.2, 0.25) is 5.02 Å². The summed E-state index contributed by atoms with van der Waals surface area (Å²) in [6.45, 7) is 2.22. The molecule has 1 amide bonds. The number of nitrogens with one attached hydrogen (secondary N) is 2. The molecule has 0 radical (unpaired) electrons. The van der Waals surface area contributed by atoms with Gasteiger partial charge in [0.1, 0.15) is 11.4 Å². The zero-order valence-electron chi connectivity index (χ0n) is 18.9. The molecule has 1 heterocycles. The van der Waals surface area contributed by atoms with Gasteiger partial charge in [0.05, 0.1) is 17.7 Å². The number of aryl methyl sites for hydroxylation is 1. The Labute approximate surface area is 210 Å². The van der Waals surface area contributed by atoms with Crippen LogP contribution >= 0.6 is 22.9 Å². The molecule has 0 fully saturated rings. The molecule has 0 saturated heterocycles. The van der Waals surface area contributed by atoms with Crippen molar-refractivity contribution in [3.63, 3.8) is 0 Å². The predicted molar refractivity (Wildman–Crippen MR) is 139 cm³/mol. The lowest BCUT2D eigenvalue weighted by molar-refractivity contribution is -0.384. The largest absolute Gasteiger partial charge is 0.497 e. The van der Waals surface area contributed by atoms with E-state index in [1.807, 2.05) is 49.4 Å². The minimum atomic E-state index is -0.527. The molecule has 4 aromatic rings. The summed E-state index contributed by atoms with van der Waals surface area (Å²) in [6, 6.07) is 19.0. The van der Waals surface area contributed by atoms with Gasteiger partial charge in [-0.2, -0.15) is 0 Å². The molecule has 178 valence electrons. The zero-order valence-corrected chi connectivity index (χ0v) is 20.4. The standard InChI is InChI=1S/C25H21ClN4O4S/c1-15-23(16-7-10-19(34-2)11-8-16)28-25(35-15)29-24(31)17-9-12-21(22(13-17)30(32)33)27-14-18-5-3-4-6-20(18)26/h3-13,27H,14H2,1-2H3,(H,28,29,31). The summed E-state index contributed by atoms with van der Waals surface area (Å²) in [5.41, 5.74) is 2.68. The molecule has 8 nitrogen and oxygen atoms in total. The van der Waals surface area contributed by atoms with Crippen molar-refractivity contribution in [3.05, 3.63) is 97.9 Å². The first kappa shape index (κ1) is 24.2. The quantitative estimate of drug-likeness (QED) is 0.206. The van der Waals surface area contributed by atoms with Crippen LogP contribution in [0.25, 0.3) is 11.3 Å². The van der Waals surface area contributed by atoms with Crippen molar-refractivity contribution in [2.24, 2.45) is 0 Å². The third-order valence-electron chi connectivity index (χ3n) is 5.26. The number of nitro benzene ring substituents is 1. The first-order valence-electron chi connectivity index (χ1n) is 10.5. The van der Waals surface area contributed by atoms with E-state index in [1.54, 1.807) is 13.2 Å². The summed E-state index contributed by atoms with van der Waals surface area (Å²) < 4.78 is 5.19. The second-order valence-electron chi connectivity index (χ2n) is 7.54. The fraction of sp³-hybridized carbons (Fsp3) is 0.120. The molecule has 4 rings (SSSR count). The Hall–Kier alpha value is -3.95. The topological polar surface area (TPSA) is 106 Å². The van der Waals surface area contributed by atoms with Crippen LogP contribution in [0.5, 0.6) is 5.75 Å². The van der Waals surface area contributed by atoms with Crippen LogP contribution in [0.15, 0.2) is 66.7 Å². The van der Waals surface area contributed by atoms with Crippen LogP contribution in [-0.4, -0.2) is 22.9 Å². The molecule has 0 aliphatic rings. The third-order valence-corrected chi connectivity index (χ3v) is 6.52. The van der Waals surface area contributed by atoms with Crippen molar-refractivity contribution in [3.8, 4) is 17.0 Å². The van der Waals surface area contributed by atoms with Crippen LogP contribution in [-0.2, 0) is 6.54 Å². The summed E-state index contributed by atoms with van der Waals surface area (Å²) in [7, 11) is 1.60. The highest BCUT2D eigenvalue weighted by atomic mass is 35.5. The first-order chi connectivity index (χ1) is 16.9. The average molecular weight is 509 g/mol. The van der Waals surface area contributed by atoms with E-state index in [2.05, 4.69) is 15.6 Å². The van der Waals surface area contributed by atoms with Gasteiger partial charge in [-0.1, -0.05) is 29.8 Å². The highest BCUT2D eigenvalue weighted by Crippen LogP contribution is 2.32. The number of nitro groups is 1. The van der Waals surface area contributed by atoms with Gasteiger partial charge in [0, 0.05) is 33.6 Å². The van der Waals surface area contributed by atoms with Crippen molar-refractivity contribution in [1.82, 2.24) is 4.98 Å². The molecule has 0 aliphatic carbocycles. The van der Waals surface area contributed by atoms with Gasteiger partial charge in [-0.05, 0) is 55.0 Å². The number of ether oxygens (including phenoxy) is 1. The van der Waals surface area contributed by atoms with E-state index in [9.17, 15) is 14.9 Å². The molecular formula is C25H21ClN4O4S. The number of nitrogens with zero attached hydrogens (tertiary/aromatic N) is 2. The molecule has 0 spiro atoms. The third kappa shape index (κ3) is 5.59. The van der Waals surface area contributed by atoms with Crippen LogP contribution < -0.4 is 15.4 Å². The number of aromatic nitrogens is 1. The molecule has 10 heteroatoms. The summed E-state index contributed by atoms with van der Waals surface area (Å²) in [4.78, 5) is 29.4. The average Bonchev–Trinajstić information content (AvgIpc) is 3.23. The minimum absolute atomic E-state index is 0.152. The van der Waals surface area contributed by atoms with Gasteiger partial charge < -0.3 is 10.1 Å². The van der Waals surface area contributed by atoms with E-state index in [-0.39, 0.29) is 11.3 Å². The normalized spacial score (nSPS) is 10.6. The van der Waals surface area contributed by atoms with Crippen molar-refractivity contribution >= 4 is 45.4 Å². The minimum Gasteiger partial charge on any atom is -0.497 e. The van der Waals surface area contributed by atoms with Crippen LogP contribution in [0.3, 0.4) is 0 Å². The number of carbonyl (C=O) groups excluding carboxylic acids is 1. The molecule has 35 heavy (non-hydrogen) atoms. The summed E-state index contributed by atoms with van der Waals surface area (Å²) in [5.74, 6) is 0.252. The maximum absolute atomic E-state index is 12.8. The molecule has 0 atom stereocenters. The summed E-state index contributed by atoms with van der Waals surface area (Å²) >= 11 is 7.49. The Morgan fingerprint density at radius 3 is 2.57 bits per heavy atom. The van der Waals surface area contributed by atoms with E-state index >= 15 is 0 Å². The smallest absolute Gasteiger partial charge is 0.293 e. The van der Waals surface area contributed by atoms with Gasteiger partial charge in [-0.15, -0.1) is 11.3 Å². The molecule has 3 aromatic carbocycles. The van der Waals surface area contributed by atoms with Crippen LogP contribution in [0, 0.1) is 17.0 Å². The molecule has 1 aromatic heterocycles. The van der Waals surface area contributed by atoms with Crippen molar-refractivity contribution in [2.45, 2.75) is 13.5 Å². The fourth-order valence-electron chi connectivity index (χ4n) is 3.44. The maximum atomic E-state index is 12.8. The van der Waals surface area contributed by atoms with Crippen molar-refractivity contribution in [2.75, 3.05) is 17.7 Å². The number of anilines is 2. The van der Waals surface area contributed by atoms with E-state index < -0.39 is 10.8 Å². The van der Waals surface area contributed by atoms with Crippen molar-refractivity contribution < 1.29 is 14.5 Å². The second-order valence-corrected chi connectivity index (χ2v) is 9.15. The Bertz CT molecular complexity index is 1390. The fourth-order valence-corrected chi connectivity index (χ4v) is 4.47. The highest BCUT2D eigenvalue weighted by Gasteiger charge is 2.19. The van der Waals surface area contributed by atoms with Crippen molar-refractivity contribution in [1.29, 1.82) is 0 Å². The number of carbonyl (C=O) groups is 1. The molecule has 0 bridgehead atoms. The number of halogens is 1. The lowest BCUT2D eigenvalue weighted by Gasteiger charge is -2.10. The number of methoxy groups -OCH3 is 1. The summed E-state index contributed by atoms with van der Waals surface area (Å²) in [5, 5.41) is 18.4. The number of rotatable bonds is 8. The Morgan fingerprint density at radius 1 is 1.14 bits per heavy atom. The molecule has 0 unspecified atom stereocenters. The Morgan fingerprint density at radius 2 is 1.89 bits per heavy atom. The number of thiazole rings is 1. The second kappa shape index (κ2) is 10.5. The number of hydrogen-bond donors (Lipinski definition) is 2. The molecule has 0 saturated carbocycles.